The van der Waals surface area contributed by atoms with Crippen LogP contribution in [-0.4, -0.2) is 41.4 Å². The number of H-pyrrole nitrogens is 1. The second-order valence-electron chi connectivity index (χ2n) is 5.91. The van der Waals surface area contributed by atoms with Gasteiger partial charge in [0, 0.05) is 0 Å². The van der Waals surface area contributed by atoms with Gasteiger partial charge in [-0.2, -0.15) is 5.26 Å². The molecule has 0 amide bonds. The highest BCUT2D eigenvalue weighted by molar-refractivity contribution is 5.90. The fraction of sp³-hybridized carbons (Fsp3) is 0.190. The number of hydrogen-bond donors (Lipinski definition) is 2. The summed E-state index contributed by atoms with van der Waals surface area (Å²) in [5.74, 6) is 0.0119. The predicted octanol–water partition coefficient (Wildman–Crippen LogP) is 3.62. The number of hydrogen-bond acceptors (Lipinski definition) is 7. The van der Waals surface area contributed by atoms with E-state index in [9.17, 15) is 15.2 Å². The van der Waals surface area contributed by atoms with Crippen LogP contribution in [0.15, 0.2) is 48.2 Å². The van der Waals surface area contributed by atoms with Crippen LogP contribution in [-0.2, 0) is 4.74 Å². The highest BCUT2D eigenvalue weighted by atomic mass is 16.5. The number of fused-ring (bicyclic) bond motifs is 1. The summed E-state index contributed by atoms with van der Waals surface area (Å²) in [5.41, 5.74) is 1.51. The molecule has 2 aromatic carbocycles. The molecule has 0 aliphatic rings. The maximum absolute atomic E-state index is 12.3. The lowest BCUT2D eigenvalue weighted by Gasteiger charge is -2.11. The minimum atomic E-state index is -0.679. The number of aliphatic hydroxyl groups excluding tert-OH is 1. The van der Waals surface area contributed by atoms with Gasteiger partial charge in [0.2, 0.25) is 0 Å². The molecule has 0 spiro atoms. The number of nitrogens with one attached hydrogen (secondary N) is 1. The van der Waals surface area contributed by atoms with Gasteiger partial charge in [0.25, 0.3) is 0 Å². The average Bonchev–Trinajstić information content (AvgIpc) is 3.16. The molecular weight excluding hydrogens is 374 g/mol. The van der Waals surface area contributed by atoms with Crippen molar-refractivity contribution in [1.29, 1.82) is 5.26 Å². The van der Waals surface area contributed by atoms with Crippen LogP contribution in [0.2, 0.25) is 0 Å². The maximum atomic E-state index is 12.3. The van der Waals surface area contributed by atoms with Crippen LogP contribution < -0.4 is 9.47 Å². The van der Waals surface area contributed by atoms with Crippen molar-refractivity contribution in [3.63, 3.8) is 0 Å². The van der Waals surface area contributed by atoms with E-state index in [1.165, 1.54) is 19.2 Å². The maximum Gasteiger partial charge on any atom is 0.338 e. The first kappa shape index (κ1) is 19.8. The molecule has 1 heterocycles. The number of nitrogens with zero attached hydrogens (tertiary/aromatic N) is 2. The second-order valence-corrected chi connectivity index (χ2v) is 5.91. The lowest BCUT2D eigenvalue weighted by molar-refractivity contribution is 0.0502. The molecule has 3 aromatic rings. The average molecular weight is 393 g/mol. The van der Waals surface area contributed by atoms with E-state index in [0.717, 1.165) is 5.52 Å². The van der Waals surface area contributed by atoms with Crippen molar-refractivity contribution < 1.29 is 24.1 Å². The van der Waals surface area contributed by atoms with E-state index in [1.807, 2.05) is 25.1 Å². The number of aromatic nitrogens is 2. The first-order valence-corrected chi connectivity index (χ1v) is 8.82. The van der Waals surface area contributed by atoms with Gasteiger partial charge in [-0.25, -0.2) is 9.78 Å². The third-order valence-corrected chi connectivity index (χ3v) is 4.07. The van der Waals surface area contributed by atoms with Gasteiger partial charge in [0.05, 0.1) is 30.3 Å². The van der Waals surface area contributed by atoms with E-state index in [4.69, 9.17) is 14.2 Å². The van der Waals surface area contributed by atoms with Crippen molar-refractivity contribution >= 4 is 22.6 Å². The second kappa shape index (κ2) is 8.80. The monoisotopic (exact) mass is 393 g/mol. The zero-order valence-electron chi connectivity index (χ0n) is 15.9. The van der Waals surface area contributed by atoms with Crippen LogP contribution in [0.4, 0.5) is 0 Å². The number of methoxy groups -OCH3 is 1. The Hall–Kier alpha value is -3.99. The third kappa shape index (κ3) is 4.30. The molecule has 0 radical (unpaired) electrons. The SMILES string of the molecule is CCOc1cc(C(=O)OC/C(O)=C(\C#N)c2nc3ccccc3[nH]2)ccc1OC. The Kier molecular flexibility index (Phi) is 6.00. The Labute approximate surface area is 167 Å². The minimum Gasteiger partial charge on any atom is -0.507 e. The third-order valence-electron chi connectivity index (χ3n) is 4.07. The molecule has 0 unspecified atom stereocenters. The Bertz CT molecular complexity index is 1080. The largest absolute Gasteiger partial charge is 0.507 e. The number of aliphatic hydroxyl groups is 1. The standard InChI is InChI=1S/C21H19N3O5/c1-3-28-19-10-13(8-9-18(19)27-2)21(26)29-12-17(25)14(11-22)20-23-15-6-4-5-7-16(15)24-20/h4-10,25H,3,12H2,1-2H3,(H,23,24)/b17-14-. The molecule has 8 heteroatoms. The molecule has 0 saturated carbocycles. The van der Waals surface area contributed by atoms with E-state index in [2.05, 4.69) is 9.97 Å². The van der Waals surface area contributed by atoms with E-state index in [-0.39, 0.29) is 17.0 Å². The van der Waals surface area contributed by atoms with E-state index < -0.39 is 18.3 Å². The van der Waals surface area contributed by atoms with Gasteiger partial charge in [-0.3, -0.25) is 0 Å². The van der Waals surface area contributed by atoms with E-state index >= 15 is 0 Å². The number of benzene rings is 2. The number of para-hydroxylation sites is 2. The van der Waals surface area contributed by atoms with Crippen LogP contribution in [0.25, 0.3) is 16.6 Å². The molecule has 148 valence electrons. The molecule has 0 atom stereocenters. The van der Waals surface area contributed by atoms with E-state index in [1.54, 1.807) is 18.2 Å². The summed E-state index contributed by atoms with van der Waals surface area (Å²) in [6.07, 6.45) is 0. The van der Waals surface area contributed by atoms with Crippen molar-refractivity contribution in [2.75, 3.05) is 20.3 Å². The molecule has 0 bridgehead atoms. The van der Waals surface area contributed by atoms with Crippen molar-refractivity contribution in [2.24, 2.45) is 0 Å². The lowest BCUT2D eigenvalue weighted by atomic mass is 10.2. The first-order chi connectivity index (χ1) is 14.1. The zero-order chi connectivity index (χ0) is 20.8. The smallest absolute Gasteiger partial charge is 0.338 e. The molecule has 0 aliphatic heterocycles. The fourth-order valence-corrected chi connectivity index (χ4v) is 2.69. The van der Waals surface area contributed by atoms with Crippen molar-refractivity contribution in [3.05, 3.63) is 59.6 Å². The first-order valence-electron chi connectivity index (χ1n) is 8.82. The molecule has 0 aliphatic carbocycles. The topological polar surface area (TPSA) is 117 Å². The molecule has 29 heavy (non-hydrogen) atoms. The lowest BCUT2D eigenvalue weighted by Crippen LogP contribution is -2.10. The van der Waals surface area contributed by atoms with Gasteiger partial charge >= 0.3 is 5.97 Å². The highest BCUT2D eigenvalue weighted by Gasteiger charge is 2.17. The summed E-state index contributed by atoms with van der Waals surface area (Å²) in [7, 11) is 1.50. The zero-order valence-corrected chi connectivity index (χ0v) is 15.9. The number of carbonyl (C=O) groups excluding carboxylic acids is 1. The molecule has 0 saturated heterocycles. The van der Waals surface area contributed by atoms with Gasteiger partial charge < -0.3 is 24.3 Å². The van der Waals surface area contributed by atoms with Crippen LogP contribution >= 0.6 is 0 Å². The number of imidazole rings is 1. The van der Waals surface area contributed by atoms with Gasteiger partial charge in [-0.15, -0.1) is 0 Å². The number of ether oxygens (including phenoxy) is 3. The van der Waals surface area contributed by atoms with E-state index in [0.29, 0.717) is 23.6 Å². The van der Waals surface area contributed by atoms with Gasteiger partial charge in [-0.1, -0.05) is 12.1 Å². The fourth-order valence-electron chi connectivity index (χ4n) is 2.69. The number of carbonyl (C=O) groups is 1. The summed E-state index contributed by atoms with van der Waals surface area (Å²) in [4.78, 5) is 19.6. The quantitative estimate of drug-likeness (QED) is 0.358. The Morgan fingerprint density at radius 1 is 1.24 bits per heavy atom. The van der Waals surface area contributed by atoms with Crippen LogP contribution in [0.1, 0.15) is 23.1 Å². The normalized spacial score (nSPS) is 11.5. The molecule has 2 N–H and O–H groups in total. The molecule has 8 nitrogen and oxygen atoms in total. The predicted molar refractivity (Wildman–Crippen MR) is 106 cm³/mol. The summed E-state index contributed by atoms with van der Waals surface area (Å²) < 4.78 is 15.8. The molecule has 1 aromatic heterocycles. The minimum absolute atomic E-state index is 0.0984. The Morgan fingerprint density at radius 2 is 2.03 bits per heavy atom. The number of aromatic amines is 1. The Morgan fingerprint density at radius 3 is 2.72 bits per heavy atom. The molecule has 3 rings (SSSR count). The summed E-state index contributed by atoms with van der Waals surface area (Å²) in [5, 5.41) is 19.7. The summed E-state index contributed by atoms with van der Waals surface area (Å²) in [6, 6.07) is 13.7. The van der Waals surface area contributed by atoms with Crippen molar-refractivity contribution in [2.45, 2.75) is 6.92 Å². The number of rotatable bonds is 7. The Balaban J connectivity index is 1.77. The van der Waals surface area contributed by atoms with Crippen molar-refractivity contribution in [1.82, 2.24) is 9.97 Å². The van der Waals surface area contributed by atoms with Gasteiger partial charge in [-0.05, 0) is 37.3 Å². The van der Waals surface area contributed by atoms with Gasteiger partial charge in [0.15, 0.2) is 23.1 Å². The van der Waals surface area contributed by atoms with Crippen LogP contribution in [0, 0.1) is 11.3 Å². The van der Waals surface area contributed by atoms with Crippen molar-refractivity contribution in [3.8, 4) is 17.6 Å². The number of nitriles is 1. The van der Waals surface area contributed by atoms with Crippen LogP contribution in [0.5, 0.6) is 11.5 Å². The van der Waals surface area contributed by atoms with Gasteiger partial charge in [0.1, 0.15) is 18.2 Å². The molecule has 0 fully saturated rings. The summed E-state index contributed by atoms with van der Waals surface area (Å²) >= 11 is 0. The molecular formula is C21H19N3O5. The highest BCUT2D eigenvalue weighted by Crippen LogP contribution is 2.28. The number of esters is 1. The summed E-state index contributed by atoms with van der Waals surface area (Å²) in [6.45, 7) is 1.74. The number of allylic oxidation sites excluding steroid dienone is 1. The van der Waals surface area contributed by atoms with Crippen LogP contribution in [0.3, 0.4) is 0 Å².